The van der Waals surface area contributed by atoms with Gasteiger partial charge in [-0.15, -0.1) is 0 Å². The molecule has 19 heavy (non-hydrogen) atoms. The molecule has 0 heterocycles. The zero-order valence-electron chi connectivity index (χ0n) is 11.4. The highest BCUT2D eigenvalue weighted by Crippen LogP contribution is 2.28. The van der Waals surface area contributed by atoms with Crippen LogP contribution in [0.15, 0.2) is 36.9 Å². The van der Waals surface area contributed by atoms with Crippen molar-refractivity contribution in [3.63, 3.8) is 0 Å². The largest absolute Gasteiger partial charge is 0.493 e. The molecule has 3 nitrogen and oxygen atoms in total. The average Bonchev–Trinajstić information content (AvgIpc) is 3.26. The quantitative estimate of drug-likeness (QED) is 0.728. The van der Waals surface area contributed by atoms with Crippen molar-refractivity contribution in [1.29, 1.82) is 0 Å². The first kappa shape index (κ1) is 13.7. The molecule has 0 amide bonds. The van der Waals surface area contributed by atoms with Gasteiger partial charge in [-0.25, -0.2) is 0 Å². The molecule has 0 aromatic heterocycles. The van der Waals surface area contributed by atoms with Crippen molar-refractivity contribution >= 4 is 6.08 Å². The summed E-state index contributed by atoms with van der Waals surface area (Å²) in [4.78, 5) is 0. The SMILES string of the molecule is C=CCOc1ccc(C=CCNC2CC2)cc1OC. The lowest BCUT2D eigenvalue weighted by atomic mass is 10.2. The average molecular weight is 259 g/mol. The minimum Gasteiger partial charge on any atom is -0.493 e. The van der Waals surface area contributed by atoms with Crippen LogP contribution in [0.5, 0.6) is 11.5 Å². The van der Waals surface area contributed by atoms with Gasteiger partial charge in [-0.05, 0) is 30.5 Å². The number of hydrogen-bond acceptors (Lipinski definition) is 3. The molecule has 1 aliphatic carbocycles. The van der Waals surface area contributed by atoms with Crippen molar-refractivity contribution < 1.29 is 9.47 Å². The minimum absolute atomic E-state index is 0.483. The molecule has 1 N–H and O–H groups in total. The standard InChI is InChI=1S/C16H21NO2/c1-3-11-19-15-9-6-13(12-16(15)18-2)5-4-10-17-14-7-8-14/h3-6,9,12,14,17H,1,7-8,10-11H2,2H3. The summed E-state index contributed by atoms with van der Waals surface area (Å²) in [5.41, 5.74) is 1.11. The van der Waals surface area contributed by atoms with Gasteiger partial charge in [0.25, 0.3) is 0 Å². The van der Waals surface area contributed by atoms with E-state index in [1.807, 2.05) is 18.2 Å². The molecule has 0 saturated heterocycles. The monoisotopic (exact) mass is 259 g/mol. The van der Waals surface area contributed by atoms with Crippen molar-refractivity contribution in [1.82, 2.24) is 5.32 Å². The molecule has 1 aromatic carbocycles. The summed E-state index contributed by atoms with van der Waals surface area (Å²) >= 11 is 0. The highest BCUT2D eigenvalue weighted by atomic mass is 16.5. The number of methoxy groups -OCH3 is 1. The molecule has 0 spiro atoms. The Labute approximate surface area is 114 Å². The zero-order chi connectivity index (χ0) is 13.5. The normalized spacial score (nSPS) is 14.6. The fraction of sp³-hybridized carbons (Fsp3) is 0.375. The molecule has 1 fully saturated rings. The maximum atomic E-state index is 5.52. The van der Waals surface area contributed by atoms with Crippen LogP contribution >= 0.6 is 0 Å². The third-order valence-electron chi connectivity index (χ3n) is 2.96. The van der Waals surface area contributed by atoms with Gasteiger partial charge < -0.3 is 14.8 Å². The van der Waals surface area contributed by atoms with Crippen LogP contribution in [0.25, 0.3) is 6.08 Å². The predicted octanol–water partition coefficient (Wildman–Crippen LogP) is 3.03. The van der Waals surface area contributed by atoms with Crippen LogP contribution in [0.3, 0.4) is 0 Å². The molecule has 102 valence electrons. The molecule has 1 saturated carbocycles. The van der Waals surface area contributed by atoms with E-state index in [1.54, 1.807) is 13.2 Å². The van der Waals surface area contributed by atoms with Gasteiger partial charge in [-0.2, -0.15) is 0 Å². The first-order chi connectivity index (χ1) is 9.33. The Balaban J connectivity index is 1.94. The molecular weight excluding hydrogens is 238 g/mol. The Morgan fingerprint density at radius 2 is 2.21 bits per heavy atom. The maximum Gasteiger partial charge on any atom is 0.161 e. The molecule has 1 aliphatic rings. The topological polar surface area (TPSA) is 30.5 Å². The summed E-state index contributed by atoms with van der Waals surface area (Å²) in [7, 11) is 1.65. The second-order valence-corrected chi connectivity index (χ2v) is 4.59. The van der Waals surface area contributed by atoms with Crippen molar-refractivity contribution in [3.8, 4) is 11.5 Å². The Morgan fingerprint density at radius 1 is 1.37 bits per heavy atom. The molecule has 1 aromatic rings. The number of rotatable bonds is 8. The molecule has 2 rings (SSSR count). The summed E-state index contributed by atoms with van der Waals surface area (Å²) in [5.74, 6) is 1.50. The second kappa shape index (κ2) is 7.00. The van der Waals surface area contributed by atoms with Crippen molar-refractivity contribution in [3.05, 3.63) is 42.5 Å². The molecule has 3 heteroatoms. The molecule has 0 bridgehead atoms. The van der Waals surface area contributed by atoms with E-state index in [0.717, 1.165) is 29.6 Å². The lowest BCUT2D eigenvalue weighted by molar-refractivity contribution is 0.326. The third kappa shape index (κ3) is 4.45. The van der Waals surface area contributed by atoms with Crippen molar-refractivity contribution in [2.45, 2.75) is 18.9 Å². The van der Waals surface area contributed by atoms with Crippen LogP contribution in [0.1, 0.15) is 18.4 Å². The summed E-state index contributed by atoms with van der Waals surface area (Å²) in [6, 6.07) is 6.67. The highest BCUT2D eigenvalue weighted by molar-refractivity contribution is 5.56. The van der Waals surface area contributed by atoms with E-state index in [9.17, 15) is 0 Å². The van der Waals surface area contributed by atoms with E-state index in [1.165, 1.54) is 12.8 Å². The van der Waals surface area contributed by atoms with Gasteiger partial charge in [-0.3, -0.25) is 0 Å². The van der Waals surface area contributed by atoms with E-state index in [0.29, 0.717) is 6.61 Å². The first-order valence-electron chi connectivity index (χ1n) is 6.65. The molecular formula is C16H21NO2. The fourth-order valence-corrected chi connectivity index (χ4v) is 1.77. The van der Waals surface area contributed by atoms with Gasteiger partial charge in [0.05, 0.1) is 7.11 Å². The van der Waals surface area contributed by atoms with Crippen LogP contribution in [0.4, 0.5) is 0 Å². The summed E-state index contributed by atoms with van der Waals surface area (Å²) in [6.07, 6.45) is 8.58. The summed E-state index contributed by atoms with van der Waals surface area (Å²) < 4.78 is 10.8. The molecule has 0 unspecified atom stereocenters. The van der Waals surface area contributed by atoms with Crippen LogP contribution in [-0.2, 0) is 0 Å². The van der Waals surface area contributed by atoms with Gasteiger partial charge >= 0.3 is 0 Å². The van der Waals surface area contributed by atoms with Gasteiger partial charge in [0, 0.05) is 12.6 Å². The van der Waals surface area contributed by atoms with Crippen LogP contribution in [0, 0.1) is 0 Å². The smallest absolute Gasteiger partial charge is 0.161 e. The Hall–Kier alpha value is -1.74. The Morgan fingerprint density at radius 3 is 2.89 bits per heavy atom. The van der Waals surface area contributed by atoms with Gasteiger partial charge in [-0.1, -0.05) is 30.9 Å². The molecule has 0 radical (unpaired) electrons. The fourth-order valence-electron chi connectivity index (χ4n) is 1.77. The van der Waals surface area contributed by atoms with Gasteiger partial charge in [0.15, 0.2) is 11.5 Å². The molecule has 0 aliphatic heterocycles. The Kier molecular flexibility index (Phi) is 5.04. The summed E-state index contributed by atoms with van der Waals surface area (Å²) in [6.45, 7) is 5.04. The number of hydrogen-bond donors (Lipinski definition) is 1. The summed E-state index contributed by atoms with van der Waals surface area (Å²) in [5, 5.41) is 3.44. The van der Waals surface area contributed by atoms with E-state index in [4.69, 9.17) is 9.47 Å². The van der Waals surface area contributed by atoms with E-state index >= 15 is 0 Å². The number of nitrogens with one attached hydrogen (secondary N) is 1. The van der Waals surface area contributed by atoms with Gasteiger partial charge in [0.1, 0.15) is 6.61 Å². The minimum atomic E-state index is 0.483. The second-order valence-electron chi connectivity index (χ2n) is 4.59. The number of ether oxygens (including phenoxy) is 2. The van der Waals surface area contributed by atoms with Crippen LogP contribution < -0.4 is 14.8 Å². The van der Waals surface area contributed by atoms with E-state index in [2.05, 4.69) is 24.0 Å². The highest BCUT2D eigenvalue weighted by Gasteiger charge is 2.18. The third-order valence-corrected chi connectivity index (χ3v) is 2.96. The maximum absolute atomic E-state index is 5.52. The lowest BCUT2D eigenvalue weighted by Gasteiger charge is -2.09. The van der Waals surface area contributed by atoms with Crippen LogP contribution in [-0.4, -0.2) is 26.3 Å². The van der Waals surface area contributed by atoms with E-state index in [-0.39, 0.29) is 0 Å². The molecule has 0 atom stereocenters. The zero-order valence-corrected chi connectivity index (χ0v) is 11.4. The van der Waals surface area contributed by atoms with Gasteiger partial charge in [0.2, 0.25) is 0 Å². The number of benzene rings is 1. The Bertz CT molecular complexity index is 450. The van der Waals surface area contributed by atoms with Crippen molar-refractivity contribution in [2.75, 3.05) is 20.3 Å². The van der Waals surface area contributed by atoms with E-state index < -0.39 is 0 Å². The van der Waals surface area contributed by atoms with Crippen LogP contribution in [0.2, 0.25) is 0 Å². The first-order valence-corrected chi connectivity index (χ1v) is 6.65. The van der Waals surface area contributed by atoms with Crippen molar-refractivity contribution in [2.24, 2.45) is 0 Å². The lowest BCUT2D eigenvalue weighted by Crippen LogP contribution is -2.15. The predicted molar refractivity (Wildman–Crippen MR) is 78.7 cm³/mol.